The van der Waals surface area contributed by atoms with Crippen molar-refractivity contribution in [1.82, 2.24) is 20.0 Å². The highest BCUT2D eigenvalue weighted by Gasteiger charge is 2.28. The largest absolute Gasteiger partial charge is 0.378 e. The highest BCUT2D eigenvalue weighted by Crippen LogP contribution is 2.24. The summed E-state index contributed by atoms with van der Waals surface area (Å²) in [4.78, 5) is 25.1. The molecular weight excluding hydrogens is 286 g/mol. The second-order valence-corrected chi connectivity index (χ2v) is 5.28. The number of ether oxygens (including phenoxy) is 1. The number of carbonyl (C=O) groups excluding carboxylic acids is 1. The van der Waals surface area contributed by atoms with Crippen molar-refractivity contribution < 1.29 is 14.1 Å². The number of amides is 1. The molecule has 0 saturated carbocycles. The van der Waals surface area contributed by atoms with Crippen LogP contribution in [0, 0.1) is 0 Å². The summed E-state index contributed by atoms with van der Waals surface area (Å²) in [5.41, 5.74) is 1.87. The van der Waals surface area contributed by atoms with Crippen molar-refractivity contribution in [3.05, 3.63) is 35.5 Å². The van der Waals surface area contributed by atoms with Gasteiger partial charge in [0.15, 0.2) is 0 Å². The topological polar surface area (TPSA) is 84.6 Å². The summed E-state index contributed by atoms with van der Waals surface area (Å²) in [5.74, 6) is 0.772. The standard InChI is InChI=1S/C14H15N5O3/c20-13(12-1-2-16-22-12)19-8-10-7-15-14(17-11(10)9-19)18-3-5-21-6-4-18/h1-2,7H,3-6,8-9H2. The lowest BCUT2D eigenvalue weighted by Crippen LogP contribution is -2.37. The summed E-state index contributed by atoms with van der Waals surface area (Å²) in [5, 5.41) is 3.57. The maximum absolute atomic E-state index is 12.3. The van der Waals surface area contributed by atoms with E-state index in [-0.39, 0.29) is 11.7 Å². The first-order valence-electron chi connectivity index (χ1n) is 7.19. The van der Waals surface area contributed by atoms with Crippen LogP contribution in [-0.2, 0) is 17.8 Å². The number of fused-ring (bicyclic) bond motifs is 1. The van der Waals surface area contributed by atoms with Crippen LogP contribution in [0.5, 0.6) is 0 Å². The van der Waals surface area contributed by atoms with Gasteiger partial charge >= 0.3 is 0 Å². The average molecular weight is 301 g/mol. The fourth-order valence-corrected chi connectivity index (χ4v) is 2.68. The van der Waals surface area contributed by atoms with Gasteiger partial charge in [-0.05, 0) is 0 Å². The van der Waals surface area contributed by atoms with E-state index in [1.54, 1.807) is 17.2 Å². The van der Waals surface area contributed by atoms with Gasteiger partial charge in [0.05, 0.1) is 31.6 Å². The van der Waals surface area contributed by atoms with Crippen molar-refractivity contribution in [2.24, 2.45) is 0 Å². The molecule has 1 fully saturated rings. The van der Waals surface area contributed by atoms with Gasteiger partial charge in [0.1, 0.15) is 0 Å². The Morgan fingerprint density at radius 2 is 2.09 bits per heavy atom. The zero-order chi connectivity index (χ0) is 14.9. The summed E-state index contributed by atoms with van der Waals surface area (Å²) in [6, 6.07) is 1.57. The van der Waals surface area contributed by atoms with E-state index in [9.17, 15) is 4.79 Å². The van der Waals surface area contributed by atoms with E-state index in [1.165, 1.54) is 6.20 Å². The van der Waals surface area contributed by atoms with Crippen molar-refractivity contribution in [3.8, 4) is 0 Å². The molecule has 0 unspecified atom stereocenters. The molecule has 0 aromatic carbocycles. The predicted octanol–water partition coefficient (Wildman–Crippen LogP) is 0.457. The number of morpholine rings is 1. The average Bonchev–Trinajstić information content (AvgIpc) is 3.23. The fraction of sp³-hybridized carbons (Fsp3) is 0.429. The number of aromatic nitrogens is 3. The summed E-state index contributed by atoms with van der Waals surface area (Å²) in [6.45, 7) is 3.93. The molecule has 1 amide bonds. The van der Waals surface area contributed by atoms with Crippen molar-refractivity contribution in [2.45, 2.75) is 13.1 Å². The Bertz CT molecular complexity index is 682. The highest BCUT2D eigenvalue weighted by molar-refractivity contribution is 5.91. The maximum atomic E-state index is 12.3. The van der Waals surface area contributed by atoms with Crippen LogP contribution in [0.1, 0.15) is 21.8 Å². The Hall–Kier alpha value is -2.48. The van der Waals surface area contributed by atoms with Gasteiger partial charge in [0.25, 0.3) is 5.91 Å². The van der Waals surface area contributed by atoms with E-state index in [0.29, 0.717) is 32.3 Å². The molecular formula is C14H15N5O3. The Labute approximate surface area is 126 Å². The number of rotatable bonds is 2. The molecule has 2 aromatic rings. The van der Waals surface area contributed by atoms with E-state index >= 15 is 0 Å². The zero-order valence-electron chi connectivity index (χ0n) is 11.9. The van der Waals surface area contributed by atoms with Crippen LogP contribution in [0.2, 0.25) is 0 Å². The SMILES string of the molecule is O=C(c1ccno1)N1Cc2cnc(N3CCOCC3)nc2C1. The third-order valence-corrected chi connectivity index (χ3v) is 3.87. The third kappa shape index (κ3) is 2.31. The van der Waals surface area contributed by atoms with Gasteiger partial charge < -0.3 is 19.1 Å². The normalized spacial score (nSPS) is 17.6. The molecule has 0 bridgehead atoms. The van der Waals surface area contributed by atoms with Crippen molar-refractivity contribution in [2.75, 3.05) is 31.2 Å². The molecule has 0 radical (unpaired) electrons. The van der Waals surface area contributed by atoms with Crippen LogP contribution in [0.15, 0.2) is 23.0 Å². The molecule has 0 N–H and O–H groups in total. The van der Waals surface area contributed by atoms with Gasteiger partial charge in [-0.3, -0.25) is 4.79 Å². The highest BCUT2D eigenvalue weighted by atomic mass is 16.5. The van der Waals surface area contributed by atoms with E-state index in [1.807, 2.05) is 0 Å². The minimum Gasteiger partial charge on any atom is -0.378 e. The van der Waals surface area contributed by atoms with Crippen molar-refractivity contribution >= 4 is 11.9 Å². The minimum atomic E-state index is -0.177. The van der Waals surface area contributed by atoms with Crippen LogP contribution in [-0.4, -0.2) is 52.2 Å². The quantitative estimate of drug-likeness (QED) is 0.796. The van der Waals surface area contributed by atoms with Gasteiger partial charge in [0, 0.05) is 37.5 Å². The second kappa shape index (κ2) is 5.38. The minimum absolute atomic E-state index is 0.177. The Morgan fingerprint density at radius 3 is 2.86 bits per heavy atom. The molecule has 114 valence electrons. The molecule has 0 spiro atoms. The number of hydrogen-bond acceptors (Lipinski definition) is 7. The maximum Gasteiger partial charge on any atom is 0.293 e. The predicted molar refractivity (Wildman–Crippen MR) is 75.1 cm³/mol. The third-order valence-electron chi connectivity index (χ3n) is 3.87. The first kappa shape index (κ1) is 13.2. The molecule has 2 aliphatic heterocycles. The van der Waals surface area contributed by atoms with Gasteiger partial charge in [-0.25, -0.2) is 9.97 Å². The summed E-state index contributed by atoms with van der Waals surface area (Å²) < 4.78 is 10.3. The van der Waals surface area contributed by atoms with Crippen molar-refractivity contribution in [3.63, 3.8) is 0 Å². The van der Waals surface area contributed by atoms with E-state index in [0.717, 1.165) is 24.3 Å². The molecule has 2 aliphatic rings. The first-order chi connectivity index (χ1) is 10.8. The molecule has 2 aromatic heterocycles. The molecule has 4 heterocycles. The number of carbonyl (C=O) groups is 1. The van der Waals surface area contributed by atoms with Gasteiger partial charge in [-0.15, -0.1) is 0 Å². The van der Waals surface area contributed by atoms with Gasteiger partial charge in [0.2, 0.25) is 11.7 Å². The van der Waals surface area contributed by atoms with Crippen LogP contribution < -0.4 is 4.90 Å². The molecule has 0 atom stereocenters. The monoisotopic (exact) mass is 301 g/mol. The zero-order valence-corrected chi connectivity index (χ0v) is 11.9. The number of hydrogen-bond donors (Lipinski definition) is 0. The van der Waals surface area contributed by atoms with Gasteiger partial charge in [-0.1, -0.05) is 5.16 Å². The van der Waals surface area contributed by atoms with E-state index in [4.69, 9.17) is 9.26 Å². The smallest absolute Gasteiger partial charge is 0.293 e. The lowest BCUT2D eigenvalue weighted by Gasteiger charge is -2.26. The fourth-order valence-electron chi connectivity index (χ4n) is 2.68. The van der Waals surface area contributed by atoms with Crippen molar-refractivity contribution in [1.29, 1.82) is 0 Å². The number of anilines is 1. The van der Waals surface area contributed by atoms with E-state index in [2.05, 4.69) is 20.0 Å². The lowest BCUT2D eigenvalue weighted by atomic mass is 10.3. The molecule has 4 rings (SSSR count). The molecule has 1 saturated heterocycles. The molecule has 8 nitrogen and oxygen atoms in total. The summed E-state index contributed by atoms with van der Waals surface area (Å²) in [6.07, 6.45) is 3.27. The lowest BCUT2D eigenvalue weighted by molar-refractivity contribution is 0.0708. The first-order valence-corrected chi connectivity index (χ1v) is 7.19. The van der Waals surface area contributed by atoms with Gasteiger partial charge in [-0.2, -0.15) is 0 Å². The second-order valence-electron chi connectivity index (χ2n) is 5.28. The Kier molecular flexibility index (Phi) is 3.23. The summed E-state index contributed by atoms with van der Waals surface area (Å²) >= 11 is 0. The molecule has 22 heavy (non-hydrogen) atoms. The number of nitrogens with zero attached hydrogens (tertiary/aromatic N) is 5. The van der Waals surface area contributed by atoms with E-state index < -0.39 is 0 Å². The van der Waals surface area contributed by atoms with Crippen LogP contribution in [0.3, 0.4) is 0 Å². The molecule has 0 aliphatic carbocycles. The summed E-state index contributed by atoms with van der Waals surface area (Å²) in [7, 11) is 0. The Balaban J connectivity index is 1.52. The molecule has 8 heteroatoms. The van der Waals surface area contributed by atoms with Crippen LogP contribution in [0.25, 0.3) is 0 Å². The van der Waals surface area contributed by atoms with Crippen LogP contribution >= 0.6 is 0 Å². The Morgan fingerprint density at radius 1 is 1.23 bits per heavy atom. The van der Waals surface area contributed by atoms with Crippen LogP contribution in [0.4, 0.5) is 5.95 Å².